The highest BCUT2D eigenvalue weighted by atomic mass is 16.5. The summed E-state index contributed by atoms with van der Waals surface area (Å²) >= 11 is 0. The van der Waals surface area contributed by atoms with Crippen LogP contribution in [0.5, 0.6) is 0 Å². The van der Waals surface area contributed by atoms with E-state index in [-0.39, 0.29) is 12.5 Å². The lowest BCUT2D eigenvalue weighted by Crippen LogP contribution is -2.58. The van der Waals surface area contributed by atoms with Crippen LogP contribution in [0.3, 0.4) is 0 Å². The van der Waals surface area contributed by atoms with Crippen LogP contribution in [0.15, 0.2) is 0 Å². The molecule has 0 spiro atoms. The molecule has 1 amide bonds. The number of unbranched alkanes of at least 4 members (excludes halogenated alkanes) is 3. The topological polar surface area (TPSA) is 75.8 Å². The minimum absolute atomic E-state index is 0.00784. The smallest absolute Gasteiger partial charge is 0.242 e. The van der Waals surface area contributed by atoms with Gasteiger partial charge in [-0.3, -0.25) is 4.79 Å². The Morgan fingerprint density at radius 1 is 1.26 bits per heavy atom. The lowest BCUT2D eigenvalue weighted by molar-refractivity contribution is -0.141. The Morgan fingerprint density at radius 3 is 2.53 bits per heavy atom. The number of rotatable bonds is 8. The summed E-state index contributed by atoms with van der Waals surface area (Å²) in [5.74, 6) is -0.0265. The van der Waals surface area contributed by atoms with Crippen molar-refractivity contribution in [1.29, 1.82) is 0 Å². The summed E-state index contributed by atoms with van der Waals surface area (Å²) in [6.45, 7) is 4.32. The fraction of sp³-hybridized carbons (Fsp3) is 0.929. The Morgan fingerprint density at radius 2 is 1.95 bits per heavy atom. The highest BCUT2D eigenvalue weighted by Gasteiger charge is 2.38. The maximum absolute atomic E-state index is 12.5. The van der Waals surface area contributed by atoms with E-state index in [0.29, 0.717) is 39.1 Å². The summed E-state index contributed by atoms with van der Waals surface area (Å²) in [4.78, 5) is 14.2. The summed E-state index contributed by atoms with van der Waals surface area (Å²) in [6.07, 6.45) is 5.60. The number of ether oxygens (including phenoxy) is 1. The predicted molar refractivity (Wildman–Crippen MR) is 74.8 cm³/mol. The first-order valence-corrected chi connectivity index (χ1v) is 7.41. The first-order valence-electron chi connectivity index (χ1n) is 7.41. The van der Waals surface area contributed by atoms with Crippen LogP contribution in [0, 0.1) is 0 Å². The molecule has 5 nitrogen and oxygen atoms in total. The zero-order valence-corrected chi connectivity index (χ0v) is 12.1. The lowest BCUT2D eigenvalue weighted by atomic mass is 9.89. The summed E-state index contributed by atoms with van der Waals surface area (Å²) in [5, 5.41) is 9.11. The van der Waals surface area contributed by atoms with Crippen LogP contribution in [-0.4, -0.2) is 54.4 Å². The fourth-order valence-electron chi connectivity index (χ4n) is 2.43. The second-order valence-corrected chi connectivity index (χ2v) is 5.34. The third-order valence-corrected chi connectivity index (χ3v) is 3.75. The molecule has 19 heavy (non-hydrogen) atoms. The van der Waals surface area contributed by atoms with Crippen LogP contribution in [-0.2, 0) is 9.53 Å². The van der Waals surface area contributed by atoms with Gasteiger partial charge in [0.15, 0.2) is 0 Å². The molecule has 0 aromatic rings. The number of aliphatic hydroxyl groups is 1. The summed E-state index contributed by atoms with van der Waals surface area (Å²) in [6, 6.07) is 0. The van der Waals surface area contributed by atoms with Crippen LogP contribution in [0.2, 0.25) is 0 Å². The minimum atomic E-state index is -0.793. The van der Waals surface area contributed by atoms with Crippen LogP contribution in [0.25, 0.3) is 0 Å². The molecule has 0 unspecified atom stereocenters. The molecule has 1 saturated heterocycles. The zero-order valence-electron chi connectivity index (χ0n) is 12.1. The van der Waals surface area contributed by atoms with Gasteiger partial charge < -0.3 is 20.5 Å². The van der Waals surface area contributed by atoms with Crippen molar-refractivity contribution in [2.75, 3.05) is 32.9 Å². The maximum Gasteiger partial charge on any atom is 0.242 e. The van der Waals surface area contributed by atoms with Gasteiger partial charge in [0.25, 0.3) is 0 Å². The molecular formula is C14H28N2O3. The molecule has 0 atom stereocenters. The first-order chi connectivity index (χ1) is 9.14. The average molecular weight is 272 g/mol. The van der Waals surface area contributed by atoms with Crippen molar-refractivity contribution in [3.63, 3.8) is 0 Å². The quantitative estimate of drug-likeness (QED) is 0.644. The number of aliphatic hydroxyl groups excluding tert-OH is 1. The van der Waals surface area contributed by atoms with E-state index in [1.54, 1.807) is 4.90 Å². The molecule has 0 saturated carbocycles. The van der Waals surface area contributed by atoms with E-state index in [2.05, 4.69) is 6.92 Å². The second-order valence-electron chi connectivity index (χ2n) is 5.34. The second kappa shape index (κ2) is 8.51. The van der Waals surface area contributed by atoms with Crippen molar-refractivity contribution in [2.24, 2.45) is 5.73 Å². The van der Waals surface area contributed by atoms with E-state index < -0.39 is 5.54 Å². The van der Waals surface area contributed by atoms with Gasteiger partial charge in [0.1, 0.15) is 0 Å². The number of hydrogen-bond acceptors (Lipinski definition) is 4. The lowest BCUT2D eigenvalue weighted by Gasteiger charge is -2.36. The van der Waals surface area contributed by atoms with Gasteiger partial charge in [0.05, 0.1) is 12.1 Å². The molecule has 1 heterocycles. The van der Waals surface area contributed by atoms with Crippen molar-refractivity contribution in [1.82, 2.24) is 4.90 Å². The van der Waals surface area contributed by atoms with Crippen molar-refractivity contribution in [2.45, 2.75) is 51.0 Å². The van der Waals surface area contributed by atoms with E-state index in [9.17, 15) is 4.79 Å². The molecule has 0 aromatic carbocycles. The largest absolute Gasteiger partial charge is 0.395 e. The van der Waals surface area contributed by atoms with Crippen LogP contribution >= 0.6 is 0 Å². The van der Waals surface area contributed by atoms with Crippen molar-refractivity contribution in [3.05, 3.63) is 0 Å². The highest BCUT2D eigenvalue weighted by molar-refractivity contribution is 5.86. The molecule has 0 aromatic heterocycles. The van der Waals surface area contributed by atoms with Crippen LogP contribution < -0.4 is 5.73 Å². The number of nitrogens with zero attached hydrogens (tertiary/aromatic N) is 1. The third kappa shape index (κ3) is 5.09. The van der Waals surface area contributed by atoms with Crippen LogP contribution in [0.4, 0.5) is 0 Å². The van der Waals surface area contributed by atoms with Gasteiger partial charge in [0, 0.05) is 26.3 Å². The fourth-order valence-corrected chi connectivity index (χ4v) is 2.43. The molecule has 0 radical (unpaired) electrons. The molecule has 1 aliphatic rings. The molecule has 1 aliphatic heterocycles. The number of carbonyl (C=O) groups excluding carboxylic acids is 1. The molecular weight excluding hydrogens is 244 g/mol. The van der Waals surface area contributed by atoms with Crippen molar-refractivity contribution in [3.8, 4) is 0 Å². The van der Waals surface area contributed by atoms with Gasteiger partial charge in [-0.05, 0) is 19.3 Å². The minimum Gasteiger partial charge on any atom is -0.395 e. The Hall–Kier alpha value is -0.650. The number of amides is 1. The van der Waals surface area contributed by atoms with Gasteiger partial charge in [-0.25, -0.2) is 0 Å². The highest BCUT2D eigenvalue weighted by Crippen LogP contribution is 2.20. The molecule has 0 bridgehead atoms. The normalized spacial score (nSPS) is 18.3. The summed E-state index contributed by atoms with van der Waals surface area (Å²) in [5.41, 5.74) is 5.42. The SMILES string of the molecule is CCCCCCN(CCO)C(=O)C1(N)CCOCC1. The Balaban J connectivity index is 2.50. The molecule has 1 rings (SSSR count). The van der Waals surface area contributed by atoms with Gasteiger partial charge in [-0.1, -0.05) is 26.2 Å². The first kappa shape index (κ1) is 16.4. The van der Waals surface area contributed by atoms with Crippen molar-refractivity contribution >= 4 is 5.91 Å². The molecule has 1 fully saturated rings. The van der Waals surface area contributed by atoms with Gasteiger partial charge in [-0.2, -0.15) is 0 Å². The Kier molecular flexibility index (Phi) is 7.34. The summed E-state index contributed by atoms with van der Waals surface area (Å²) < 4.78 is 5.27. The van der Waals surface area contributed by atoms with Gasteiger partial charge in [0.2, 0.25) is 5.91 Å². The average Bonchev–Trinajstić information content (AvgIpc) is 2.42. The number of carbonyl (C=O) groups is 1. The Labute approximate surface area is 116 Å². The summed E-state index contributed by atoms with van der Waals surface area (Å²) in [7, 11) is 0. The molecule has 0 aliphatic carbocycles. The van der Waals surface area contributed by atoms with E-state index in [0.717, 1.165) is 12.8 Å². The monoisotopic (exact) mass is 272 g/mol. The maximum atomic E-state index is 12.5. The van der Waals surface area contributed by atoms with E-state index >= 15 is 0 Å². The van der Waals surface area contributed by atoms with Crippen LogP contribution in [0.1, 0.15) is 45.4 Å². The number of hydrogen-bond donors (Lipinski definition) is 2. The standard InChI is InChI=1S/C14H28N2O3/c1-2-3-4-5-8-16(9-10-17)13(18)14(15)6-11-19-12-7-14/h17H,2-12,15H2,1H3. The van der Waals surface area contributed by atoms with E-state index in [1.807, 2.05) is 0 Å². The van der Waals surface area contributed by atoms with Gasteiger partial charge in [-0.15, -0.1) is 0 Å². The predicted octanol–water partition coefficient (Wildman–Crippen LogP) is 0.896. The van der Waals surface area contributed by atoms with Gasteiger partial charge >= 0.3 is 0 Å². The molecule has 3 N–H and O–H groups in total. The third-order valence-electron chi connectivity index (χ3n) is 3.75. The number of nitrogens with two attached hydrogens (primary N) is 1. The van der Waals surface area contributed by atoms with E-state index in [1.165, 1.54) is 12.8 Å². The van der Waals surface area contributed by atoms with Crippen molar-refractivity contribution < 1.29 is 14.6 Å². The van der Waals surface area contributed by atoms with E-state index in [4.69, 9.17) is 15.6 Å². The Bertz CT molecular complexity index is 265. The molecule has 5 heteroatoms. The zero-order chi connectivity index (χ0) is 14.1. The molecule has 112 valence electrons.